The first kappa shape index (κ1) is 14.3. The van der Waals surface area contributed by atoms with Crippen LogP contribution in [-0.2, 0) is 4.79 Å². The summed E-state index contributed by atoms with van der Waals surface area (Å²) in [6.45, 7) is 0. The number of fused-ring (bicyclic) bond motifs is 1. The van der Waals surface area contributed by atoms with Gasteiger partial charge in [-0.1, -0.05) is 11.6 Å². The first-order valence-corrected chi connectivity index (χ1v) is 6.75. The van der Waals surface area contributed by atoms with Crippen molar-refractivity contribution in [1.29, 1.82) is 0 Å². The summed E-state index contributed by atoms with van der Waals surface area (Å²) in [4.78, 5) is 15.1. The van der Waals surface area contributed by atoms with Crippen molar-refractivity contribution < 1.29 is 14.3 Å². The summed E-state index contributed by atoms with van der Waals surface area (Å²) in [5.41, 5.74) is 2.31. The number of hydrogen-bond acceptors (Lipinski definition) is 3. The largest absolute Gasteiger partial charge is 0.545 e. The van der Waals surface area contributed by atoms with E-state index in [9.17, 15) is 14.3 Å². The Morgan fingerprint density at radius 3 is 2.64 bits per heavy atom. The molecule has 0 atom stereocenters. The van der Waals surface area contributed by atoms with Gasteiger partial charge in [0.25, 0.3) is 0 Å². The van der Waals surface area contributed by atoms with Crippen LogP contribution in [0.4, 0.5) is 4.39 Å². The highest BCUT2D eigenvalue weighted by Crippen LogP contribution is 2.27. The molecule has 2 aromatic heterocycles. The number of nitrogens with zero attached hydrogens (tertiary/aromatic N) is 2. The summed E-state index contributed by atoms with van der Waals surface area (Å²) in [7, 11) is 0. The first-order valence-electron chi connectivity index (χ1n) is 6.37. The molecule has 0 fully saturated rings. The van der Waals surface area contributed by atoms with E-state index in [4.69, 9.17) is 11.6 Å². The summed E-state index contributed by atoms with van der Waals surface area (Å²) < 4.78 is 14.7. The molecule has 3 rings (SSSR count). The molecule has 0 unspecified atom stereocenters. The Morgan fingerprint density at radius 1 is 1.23 bits per heavy atom. The number of imidazole rings is 1. The maximum atomic E-state index is 13.1. The zero-order valence-electron chi connectivity index (χ0n) is 11.2. The van der Waals surface area contributed by atoms with E-state index < -0.39 is 5.97 Å². The van der Waals surface area contributed by atoms with Crippen LogP contribution in [0.5, 0.6) is 0 Å². The number of carbonyl (C=O) groups excluding carboxylic acids is 1. The lowest BCUT2D eigenvalue weighted by atomic mass is 10.1. The molecule has 0 saturated heterocycles. The first-order chi connectivity index (χ1) is 10.5. The Balaban J connectivity index is 2.26. The SMILES string of the molecule is O=C([O-])/C=C/c1c(-c2ccc(F)cc2)nc2ccc(Cl)cn12. The van der Waals surface area contributed by atoms with Crippen LogP contribution in [-0.4, -0.2) is 15.4 Å². The lowest BCUT2D eigenvalue weighted by molar-refractivity contribution is -0.297. The third kappa shape index (κ3) is 2.71. The minimum Gasteiger partial charge on any atom is -0.545 e. The second-order valence-electron chi connectivity index (χ2n) is 4.58. The third-order valence-electron chi connectivity index (χ3n) is 3.11. The fourth-order valence-electron chi connectivity index (χ4n) is 2.16. The molecule has 3 aromatic rings. The lowest BCUT2D eigenvalue weighted by Gasteiger charge is -2.02. The van der Waals surface area contributed by atoms with Gasteiger partial charge in [-0.2, -0.15) is 0 Å². The van der Waals surface area contributed by atoms with Crippen molar-refractivity contribution in [2.75, 3.05) is 0 Å². The van der Waals surface area contributed by atoms with Crippen LogP contribution in [0.15, 0.2) is 48.7 Å². The Morgan fingerprint density at radius 2 is 1.95 bits per heavy atom. The Labute approximate surface area is 130 Å². The Kier molecular flexibility index (Phi) is 3.65. The quantitative estimate of drug-likeness (QED) is 0.698. The van der Waals surface area contributed by atoms with Crippen molar-refractivity contribution in [2.45, 2.75) is 0 Å². The third-order valence-corrected chi connectivity index (χ3v) is 3.34. The number of hydrogen-bond donors (Lipinski definition) is 0. The van der Waals surface area contributed by atoms with Crippen LogP contribution in [0.1, 0.15) is 5.69 Å². The molecule has 4 nitrogen and oxygen atoms in total. The predicted octanol–water partition coefficient (Wildman–Crippen LogP) is 2.56. The highest BCUT2D eigenvalue weighted by Gasteiger charge is 2.12. The molecule has 0 spiro atoms. The van der Waals surface area contributed by atoms with Crippen LogP contribution >= 0.6 is 11.6 Å². The summed E-state index contributed by atoms with van der Waals surface area (Å²) in [6, 6.07) is 9.19. The average Bonchev–Trinajstić information content (AvgIpc) is 2.83. The summed E-state index contributed by atoms with van der Waals surface area (Å²) >= 11 is 5.98. The smallest absolute Gasteiger partial charge is 0.138 e. The van der Waals surface area contributed by atoms with Crippen LogP contribution in [0.25, 0.3) is 23.0 Å². The minimum absolute atomic E-state index is 0.359. The number of aliphatic carboxylic acids is 1. The Bertz CT molecular complexity index is 885. The van der Waals surface area contributed by atoms with Crippen molar-refractivity contribution >= 4 is 29.3 Å². The van der Waals surface area contributed by atoms with Gasteiger partial charge >= 0.3 is 0 Å². The van der Waals surface area contributed by atoms with Gasteiger partial charge in [-0.3, -0.25) is 4.40 Å². The number of carboxylic acids is 1. The van der Waals surface area contributed by atoms with E-state index in [1.165, 1.54) is 18.2 Å². The molecule has 2 heterocycles. The van der Waals surface area contributed by atoms with Crippen LogP contribution in [0.2, 0.25) is 5.02 Å². The van der Waals surface area contributed by atoms with Gasteiger partial charge in [-0.05, 0) is 48.6 Å². The molecule has 0 N–H and O–H groups in total. The molecule has 22 heavy (non-hydrogen) atoms. The van der Waals surface area contributed by atoms with E-state index in [0.29, 0.717) is 27.6 Å². The maximum absolute atomic E-state index is 13.1. The fourth-order valence-corrected chi connectivity index (χ4v) is 2.32. The highest BCUT2D eigenvalue weighted by atomic mass is 35.5. The number of carbonyl (C=O) groups is 1. The van der Waals surface area contributed by atoms with Crippen LogP contribution in [0, 0.1) is 5.82 Å². The molecule has 0 saturated carbocycles. The van der Waals surface area contributed by atoms with Crippen molar-refractivity contribution in [3.8, 4) is 11.3 Å². The van der Waals surface area contributed by atoms with E-state index in [1.54, 1.807) is 34.9 Å². The van der Waals surface area contributed by atoms with E-state index in [-0.39, 0.29) is 5.82 Å². The number of halogens is 2. The van der Waals surface area contributed by atoms with E-state index in [0.717, 1.165) is 6.08 Å². The summed E-state index contributed by atoms with van der Waals surface area (Å²) in [6.07, 6.45) is 3.92. The zero-order chi connectivity index (χ0) is 15.7. The zero-order valence-corrected chi connectivity index (χ0v) is 11.9. The van der Waals surface area contributed by atoms with E-state index >= 15 is 0 Å². The second kappa shape index (κ2) is 5.61. The highest BCUT2D eigenvalue weighted by molar-refractivity contribution is 6.30. The van der Waals surface area contributed by atoms with E-state index in [1.807, 2.05) is 0 Å². The predicted molar refractivity (Wildman–Crippen MR) is 79.6 cm³/mol. The number of benzene rings is 1. The number of carboxylic acid groups (broad SMARTS) is 1. The standard InChI is InChI=1S/C16H10ClFN2O2/c17-11-3-7-14-19-16(10-1-4-12(18)5-2-10)13(20(14)9-11)6-8-15(21)22/h1-9H,(H,21,22)/p-1/b8-6+. The molecule has 0 aliphatic carbocycles. The second-order valence-corrected chi connectivity index (χ2v) is 5.02. The van der Waals surface area contributed by atoms with Gasteiger partial charge in [0.2, 0.25) is 0 Å². The minimum atomic E-state index is -1.32. The van der Waals surface area contributed by atoms with Gasteiger partial charge in [0.05, 0.1) is 22.4 Å². The van der Waals surface area contributed by atoms with Gasteiger partial charge in [-0.15, -0.1) is 0 Å². The molecule has 0 radical (unpaired) electrons. The molecule has 0 amide bonds. The topological polar surface area (TPSA) is 57.4 Å². The fraction of sp³-hybridized carbons (Fsp3) is 0. The number of pyridine rings is 1. The Hall–Kier alpha value is -2.66. The molecule has 0 bridgehead atoms. The lowest BCUT2D eigenvalue weighted by Crippen LogP contribution is -2.18. The van der Waals surface area contributed by atoms with Crippen LogP contribution in [0.3, 0.4) is 0 Å². The van der Waals surface area contributed by atoms with Crippen LogP contribution < -0.4 is 5.11 Å². The summed E-state index contributed by atoms with van der Waals surface area (Å²) in [5, 5.41) is 11.2. The van der Waals surface area contributed by atoms with Crippen molar-refractivity contribution in [2.24, 2.45) is 0 Å². The molecular weight excluding hydrogens is 307 g/mol. The molecule has 0 aliphatic rings. The van der Waals surface area contributed by atoms with Gasteiger partial charge in [0.15, 0.2) is 0 Å². The normalized spacial score (nSPS) is 11.4. The van der Waals surface area contributed by atoms with Crippen molar-refractivity contribution in [1.82, 2.24) is 9.38 Å². The van der Waals surface area contributed by atoms with Gasteiger partial charge < -0.3 is 9.90 Å². The van der Waals surface area contributed by atoms with E-state index in [2.05, 4.69) is 4.98 Å². The van der Waals surface area contributed by atoms with Gasteiger partial charge in [0, 0.05) is 11.8 Å². The molecule has 1 aromatic carbocycles. The van der Waals surface area contributed by atoms with Gasteiger partial charge in [0.1, 0.15) is 11.5 Å². The maximum Gasteiger partial charge on any atom is 0.138 e. The molecule has 6 heteroatoms. The molecule has 110 valence electrons. The summed E-state index contributed by atoms with van der Waals surface area (Å²) in [5.74, 6) is -1.68. The molecular formula is C16H9ClFN2O2-. The monoisotopic (exact) mass is 315 g/mol. The average molecular weight is 316 g/mol. The molecule has 0 aliphatic heterocycles. The number of rotatable bonds is 3. The van der Waals surface area contributed by atoms with Crippen molar-refractivity contribution in [3.05, 3.63) is 65.2 Å². The van der Waals surface area contributed by atoms with Gasteiger partial charge in [-0.25, -0.2) is 9.37 Å². The number of aromatic nitrogens is 2. The van der Waals surface area contributed by atoms with Crippen molar-refractivity contribution in [3.63, 3.8) is 0 Å².